The number of nitrogens with zero attached hydrogens (tertiary/aromatic N) is 2. The standard InChI is InChI=1S/C26H33N3O3S/c1-5-18(13-26(30)31)19-6-9-23(29-10-11-32-15-24(29)16(2)3)22(12-19)28-20-7-8-21-25(14-20)33-17(4)27-21/h6-9,12,14,16,18,24,28H,5,10-11,13,15H2,1-4H3,(H,30,31)/t18?,24-/m0/s1. The molecule has 2 aromatic carbocycles. The van der Waals surface area contributed by atoms with Crippen LogP contribution in [-0.4, -0.2) is 41.9 Å². The highest BCUT2D eigenvalue weighted by molar-refractivity contribution is 7.18. The molecule has 1 aromatic heterocycles. The smallest absolute Gasteiger partial charge is 0.303 e. The molecule has 176 valence electrons. The Bertz CT molecular complexity index is 1130. The van der Waals surface area contributed by atoms with E-state index in [9.17, 15) is 9.90 Å². The molecule has 4 rings (SSSR count). The fraction of sp³-hybridized carbons (Fsp3) is 0.462. The summed E-state index contributed by atoms with van der Waals surface area (Å²) in [6, 6.07) is 12.9. The van der Waals surface area contributed by atoms with Crippen LogP contribution in [0.3, 0.4) is 0 Å². The summed E-state index contributed by atoms with van der Waals surface area (Å²) < 4.78 is 6.95. The Morgan fingerprint density at radius 2 is 2.12 bits per heavy atom. The number of anilines is 3. The fourth-order valence-electron chi connectivity index (χ4n) is 4.61. The first-order chi connectivity index (χ1) is 15.9. The maximum atomic E-state index is 11.4. The number of morpholine rings is 1. The van der Waals surface area contributed by atoms with Crippen molar-refractivity contribution in [3.8, 4) is 0 Å². The molecular formula is C26H33N3O3S. The topological polar surface area (TPSA) is 74.7 Å². The van der Waals surface area contributed by atoms with Crippen LogP contribution in [-0.2, 0) is 9.53 Å². The zero-order valence-electron chi connectivity index (χ0n) is 19.8. The van der Waals surface area contributed by atoms with Crippen LogP contribution >= 0.6 is 11.3 Å². The van der Waals surface area contributed by atoms with Crippen LogP contribution in [0.4, 0.5) is 17.1 Å². The maximum absolute atomic E-state index is 11.4. The maximum Gasteiger partial charge on any atom is 0.303 e. The summed E-state index contributed by atoms with van der Waals surface area (Å²) in [7, 11) is 0. The van der Waals surface area contributed by atoms with Gasteiger partial charge in [-0.1, -0.05) is 26.8 Å². The van der Waals surface area contributed by atoms with Crippen LogP contribution in [0.1, 0.15) is 50.1 Å². The zero-order valence-corrected chi connectivity index (χ0v) is 20.6. The molecule has 0 aliphatic carbocycles. The Hall–Kier alpha value is -2.64. The van der Waals surface area contributed by atoms with E-state index in [1.165, 1.54) is 0 Å². The van der Waals surface area contributed by atoms with Crippen molar-refractivity contribution in [1.29, 1.82) is 0 Å². The molecule has 0 amide bonds. The third-order valence-corrected chi connectivity index (χ3v) is 7.36. The van der Waals surface area contributed by atoms with Crippen LogP contribution in [0.2, 0.25) is 0 Å². The number of carboxylic acid groups (broad SMARTS) is 1. The second-order valence-electron chi connectivity index (χ2n) is 9.10. The van der Waals surface area contributed by atoms with Crippen molar-refractivity contribution < 1.29 is 14.6 Å². The summed E-state index contributed by atoms with van der Waals surface area (Å²) in [6.07, 6.45) is 0.914. The van der Waals surface area contributed by atoms with Gasteiger partial charge in [0.1, 0.15) is 0 Å². The van der Waals surface area contributed by atoms with E-state index in [0.29, 0.717) is 19.1 Å². The highest BCUT2D eigenvalue weighted by Crippen LogP contribution is 2.37. The molecule has 2 atom stereocenters. The van der Waals surface area contributed by atoms with Gasteiger partial charge >= 0.3 is 5.97 Å². The molecule has 1 saturated heterocycles. The molecule has 3 aromatic rings. The van der Waals surface area contributed by atoms with Crippen LogP contribution in [0.15, 0.2) is 36.4 Å². The molecule has 7 heteroatoms. The van der Waals surface area contributed by atoms with E-state index in [1.807, 2.05) is 13.8 Å². The quantitative estimate of drug-likeness (QED) is 0.412. The lowest BCUT2D eigenvalue weighted by molar-refractivity contribution is -0.137. The first-order valence-corrected chi connectivity index (χ1v) is 12.5. The summed E-state index contributed by atoms with van der Waals surface area (Å²) in [5, 5.41) is 14.1. The van der Waals surface area contributed by atoms with Crippen molar-refractivity contribution in [3.05, 3.63) is 47.0 Å². The van der Waals surface area contributed by atoms with Gasteiger partial charge in [-0.3, -0.25) is 4.79 Å². The second kappa shape index (κ2) is 10.1. The molecule has 0 radical (unpaired) electrons. The Morgan fingerprint density at radius 3 is 2.85 bits per heavy atom. The number of rotatable bonds is 8. The number of aryl methyl sites for hydroxylation is 1. The molecule has 0 saturated carbocycles. The Balaban J connectivity index is 1.75. The van der Waals surface area contributed by atoms with Gasteiger partial charge in [0.25, 0.3) is 0 Å². The lowest BCUT2D eigenvalue weighted by Crippen LogP contribution is -2.48. The van der Waals surface area contributed by atoms with Gasteiger partial charge in [-0.25, -0.2) is 4.98 Å². The fourth-order valence-corrected chi connectivity index (χ4v) is 5.48. The van der Waals surface area contributed by atoms with E-state index in [0.717, 1.165) is 50.8 Å². The third kappa shape index (κ3) is 5.31. The van der Waals surface area contributed by atoms with Crippen molar-refractivity contribution in [2.24, 2.45) is 5.92 Å². The number of carboxylic acids is 1. The van der Waals surface area contributed by atoms with E-state index in [-0.39, 0.29) is 18.4 Å². The van der Waals surface area contributed by atoms with Crippen LogP contribution in [0.5, 0.6) is 0 Å². The molecule has 1 aliphatic rings. The monoisotopic (exact) mass is 467 g/mol. The van der Waals surface area contributed by atoms with Gasteiger partial charge in [-0.15, -0.1) is 11.3 Å². The molecule has 0 spiro atoms. The molecule has 33 heavy (non-hydrogen) atoms. The van der Waals surface area contributed by atoms with Crippen molar-refractivity contribution in [2.45, 2.75) is 52.5 Å². The third-order valence-electron chi connectivity index (χ3n) is 6.42. The number of aliphatic carboxylic acids is 1. The molecule has 1 unspecified atom stereocenters. The van der Waals surface area contributed by atoms with E-state index < -0.39 is 5.97 Å². The predicted molar refractivity (Wildman–Crippen MR) is 136 cm³/mol. The van der Waals surface area contributed by atoms with Crippen molar-refractivity contribution in [3.63, 3.8) is 0 Å². The number of hydrogen-bond donors (Lipinski definition) is 2. The molecule has 1 aliphatic heterocycles. The number of nitrogens with one attached hydrogen (secondary N) is 1. The Kier molecular flexibility index (Phi) is 7.20. The molecule has 1 fully saturated rings. The predicted octanol–water partition coefficient (Wildman–Crippen LogP) is 6.18. The average molecular weight is 468 g/mol. The van der Waals surface area contributed by atoms with Gasteiger partial charge in [-0.05, 0) is 61.1 Å². The van der Waals surface area contributed by atoms with Crippen LogP contribution in [0.25, 0.3) is 10.2 Å². The number of hydrogen-bond acceptors (Lipinski definition) is 6. The largest absolute Gasteiger partial charge is 0.481 e. The minimum Gasteiger partial charge on any atom is -0.481 e. The summed E-state index contributed by atoms with van der Waals surface area (Å²) >= 11 is 1.69. The normalized spacial score (nSPS) is 17.5. The minimum atomic E-state index is -0.764. The van der Waals surface area contributed by atoms with Crippen molar-refractivity contribution in [2.75, 3.05) is 30.0 Å². The molecule has 2 heterocycles. The first-order valence-electron chi connectivity index (χ1n) is 11.7. The van der Waals surface area contributed by atoms with Gasteiger partial charge in [0.15, 0.2) is 0 Å². The number of fused-ring (bicyclic) bond motifs is 1. The SMILES string of the molecule is CCC(CC(=O)O)c1ccc(N2CCOC[C@H]2C(C)C)c(Nc2ccc3nc(C)sc3c2)c1. The van der Waals surface area contributed by atoms with Gasteiger partial charge in [-0.2, -0.15) is 0 Å². The van der Waals surface area contributed by atoms with E-state index in [1.54, 1.807) is 11.3 Å². The van der Waals surface area contributed by atoms with Gasteiger partial charge in [0, 0.05) is 12.2 Å². The Morgan fingerprint density at radius 1 is 1.30 bits per heavy atom. The molecular weight excluding hydrogens is 434 g/mol. The number of aromatic nitrogens is 1. The summed E-state index contributed by atoms with van der Waals surface area (Å²) in [5.74, 6) is -0.335. The number of ether oxygens (including phenoxy) is 1. The summed E-state index contributed by atoms with van der Waals surface area (Å²) in [6.45, 7) is 10.8. The van der Waals surface area contributed by atoms with Crippen LogP contribution < -0.4 is 10.2 Å². The summed E-state index contributed by atoms with van der Waals surface area (Å²) in [4.78, 5) is 18.4. The lowest BCUT2D eigenvalue weighted by atomic mass is 9.92. The number of thiazole rings is 1. The zero-order chi connectivity index (χ0) is 23.5. The van der Waals surface area contributed by atoms with Crippen LogP contribution in [0, 0.1) is 12.8 Å². The molecule has 2 N–H and O–H groups in total. The number of carbonyl (C=O) groups is 1. The average Bonchev–Trinajstić information content (AvgIpc) is 3.16. The molecule has 0 bridgehead atoms. The van der Waals surface area contributed by atoms with E-state index in [2.05, 4.69) is 65.4 Å². The highest BCUT2D eigenvalue weighted by atomic mass is 32.1. The van der Waals surface area contributed by atoms with E-state index >= 15 is 0 Å². The second-order valence-corrected chi connectivity index (χ2v) is 10.3. The van der Waals surface area contributed by atoms with Gasteiger partial charge < -0.3 is 20.1 Å². The van der Waals surface area contributed by atoms with Crippen molar-refractivity contribution >= 4 is 44.6 Å². The van der Waals surface area contributed by atoms with Gasteiger partial charge in [0.05, 0.1) is 52.3 Å². The first kappa shape index (κ1) is 23.5. The minimum absolute atomic E-state index is 0.0192. The summed E-state index contributed by atoms with van der Waals surface area (Å²) in [5.41, 5.74) is 5.20. The highest BCUT2D eigenvalue weighted by Gasteiger charge is 2.28. The Labute approximate surface area is 199 Å². The van der Waals surface area contributed by atoms with Crippen molar-refractivity contribution in [1.82, 2.24) is 4.98 Å². The number of benzene rings is 2. The molecule has 6 nitrogen and oxygen atoms in total. The van der Waals surface area contributed by atoms with Gasteiger partial charge in [0.2, 0.25) is 0 Å². The lowest BCUT2D eigenvalue weighted by Gasteiger charge is -2.40. The van der Waals surface area contributed by atoms with E-state index in [4.69, 9.17) is 4.74 Å².